The zero-order chi connectivity index (χ0) is 15.5. The third-order valence-corrected chi connectivity index (χ3v) is 3.73. The number of aryl methyl sites for hydroxylation is 1. The number of hydrogen-bond acceptors (Lipinski definition) is 3. The number of aromatic nitrogens is 2. The maximum atomic E-state index is 12.2. The standard InChI is InChI=1S/C14H18F3N3S/c1-10(2)19-8-11-9-20(6-7-21-14(15,16)17)13-12(11)4-3-5-18-13/h3-5,9-10,19H,6-8H2,1-2H3. The lowest BCUT2D eigenvalue weighted by Crippen LogP contribution is -2.21. The molecule has 3 nitrogen and oxygen atoms in total. The van der Waals surface area contributed by atoms with Crippen LogP contribution in [0.1, 0.15) is 19.4 Å². The number of nitrogens with one attached hydrogen (secondary N) is 1. The van der Waals surface area contributed by atoms with Crippen molar-refractivity contribution < 1.29 is 13.2 Å². The van der Waals surface area contributed by atoms with Gasteiger partial charge in [0, 0.05) is 42.7 Å². The van der Waals surface area contributed by atoms with Crippen LogP contribution in [0.4, 0.5) is 13.2 Å². The average Bonchev–Trinajstić information content (AvgIpc) is 2.74. The molecule has 2 heterocycles. The summed E-state index contributed by atoms with van der Waals surface area (Å²) >= 11 is 0.000235. The molecule has 21 heavy (non-hydrogen) atoms. The van der Waals surface area contributed by atoms with Crippen LogP contribution in [0.15, 0.2) is 24.5 Å². The van der Waals surface area contributed by atoms with Crippen molar-refractivity contribution in [2.45, 2.75) is 38.5 Å². The van der Waals surface area contributed by atoms with E-state index < -0.39 is 5.51 Å². The average molecular weight is 317 g/mol. The van der Waals surface area contributed by atoms with Gasteiger partial charge in [0.2, 0.25) is 0 Å². The van der Waals surface area contributed by atoms with Crippen LogP contribution in [-0.4, -0.2) is 26.9 Å². The maximum absolute atomic E-state index is 12.2. The van der Waals surface area contributed by atoms with Crippen molar-refractivity contribution >= 4 is 22.8 Å². The first-order chi connectivity index (χ1) is 9.87. The number of rotatable bonds is 6. The first-order valence-corrected chi connectivity index (χ1v) is 7.72. The third-order valence-electron chi connectivity index (χ3n) is 3.02. The first kappa shape index (κ1) is 16.2. The fourth-order valence-corrected chi connectivity index (χ4v) is 2.60. The van der Waals surface area contributed by atoms with E-state index in [1.807, 2.05) is 18.3 Å². The summed E-state index contributed by atoms with van der Waals surface area (Å²) in [7, 11) is 0. The monoisotopic (exact) mass is 317 g/mol. The first-order valence-electron chi connectivity index (χ1n) is 6.73. The molecule has 0 bridgehead atoms. The van der Waals surface area contributed by atoms with E-state index in [1.165, 1.54) is 0 Å². The molecule has 1 N–H and O–H groups in total. The van der Waals surface area contributed by atoms with E-state index in [9.17, 15) is 13.2 Å². The summed E-state index contributed by atoms with van der Waals surface area (Å²) in [6, 6.07) is 4.14. The van der Waals surface area contributed by atoms with Crippen molar-refractivity contribution in [1.29, 1.82) is 0 Å². The molecule has 0 aromatic carbocycles. The van der Waals surface area contributed by atoms with Crippen molar-refractivity contribution in [3.05, 3.63) is 30.1 Å². The Morgan fingerprint density at radius 2 is 2.14 bits per heavy atom. The zero-order valence-corrected chi connectivity index (χ0v) is 12.8. The van der Waals surface area contributed by atoms with Crippen LogP contribution in [0.3, 0.4) is 0 Å². The number of hydrogen-bond donors (Lipinski definition) is 1. The third kappa shape index (κ3) is 4.64. The van der Waals surface area contributed by atoms with Gasteiger partial charge in [0.1, 0.15) is 5.65 Å². The molecule has 0 spiro atoms. The Morgan fingerprint density at radius 3 is 2.81 bits per heavy atom. The lowest BCUT2D eigenvalue weighted by Gasteiger charge is -2.07. The number of alkyl halides is 3. The van der Waals surface area contributed by atoms with Gasteiger partial charge in [-0.2, -0.15) is 13.2 Å². The van der Waals surface area contributed by atoms with Gasteiger partial charge in [0.25, 0.3) is 0 Å². The molecular formula is C14H18F3N3S. The van der Waals surface area contributed by atoms with Gasteiger partial charge in [-0.15, -0.1) is 0 Å². The van der Waals surface area contributed by atoms with E-state index in [0.717, 1.165) is 16.6 Å². The molecule has 0 unspecified atom stereocenters. The van der Waals surface area contributed by atoms with Gasteiger partial charge in [-0.25, -0.2) is 4.98 Å². The largest absolute Gasteiger partial charge is 0.441 e. The number of halogens is 3. The van der Waals surface area contributed by atoms with Crippen LogP contribution in [0.25, 0.3) is 11.0 Å². The second-order valence-corrected chi connectivity index (χ2v) is 6.21. The Balaban J connectivity index is 2.15. The molecule has 7 heteroatoms. The molecule has 0 aliphatic rings. The Labute approximate surface area is 125 Å². The van der Waals surface area contributed by atoms with Crippen molar-refractivity contribution in [1.82, 2.24) is 14.9 Å². The molecule has 0 aliphatic carbocycles. The summed E-state index contributed by atoms with van der Waals surface area (Å²) in [4.78, 5) is 4.29. The van der Waals surface area contributed by atoms with E-state index in [-0.39, 0.29) is 17.5 Å². The number of thioether (sulfide) groups is 1. The lowest BCUT2D eigenvalue weighted by atomic mass is 10.2. The molecule has 0 saturated heterocycles. The van der Waals surface area contributed by atoms with Crippen molar-refractivity contribution in [3.8, 4) is 0 Å². The topological polar surface area (TPSA) is 29.9 Å². The van der Waals surface area contributed by atoms with Gasteiger partial charge in [0.15, 0.2) is 0 Å². The molecular weight excluding hydrogens is 299 g/mol. The number of pyridine rings is 1. The molecule has 0 fully saturated rings. The zero-order valence-electron chi connectivity index (χ0n) is 11.9. The van der Waals surface area contributed by atoms with Gasteiger partial charge in [-0.05, 0) is 29.5 Å². The predicted molar refractivity (Wildman–Crippen MR) is 80.2 cm³/mol. The fraction of sp³-hybridized carbons (Fsp3) is 0.500. The molecule has 0 saturated carbocycles. The number of nitrogens with zero attached hydrogens (tertiary/aromatic N) is 2. The van der Waals surface area contributed by atoms with Gasteiger partial charge < -0.3 is 9.88 Å². The normalized spacial score (nSPS) is 12.5. The maximum Gasteiger partial charge on any atom is 0.441 e. The quantitative estimate of drug-likeness (QED) is 0.879. The second kappa shape index (κ2) is 6.70. The molecule has 2 rings (SSSR count). The van der Waals surface area contributed by atoms with Crippen LogP contribution < -0.4 is 5.32 Å². The Kier molecular flexibility index (Phi) is 5.16. The Bertz CT molecular complexity index is 593. The highest BCUT2D eigenvalue weighted by Gasteiger charge is 2.27. The lowest BCUT2D eigenvalue weighted by molar-refractivity contribution is -0.0328. The minimum Gasteiger partial charge on any atom is -0.331 e. The second-order valence-electron chi connectivity index (χ2n) is 5.05. The highest BCUT2D eigenvalue weighted by Crippen LogP contribution is 2.30. The smallest absolute Gasteiger partial charge is 0.331 e. The van der Waals surface area contributed by atoms with Gasteiger partial charge in [-0.1, -0.05) is 13.8 Å². The van der Waals surface area contributed by atoms with E-state index >= 15 is 0 Å². The summed E-state index contributed by atoms with van der Waals surface area (Å²) in [5.74, 6) is -0.0130. The van der Waals surface area contributed by atoms with Crippen molar-refractivity contribution in [2.75, 3.05) is 5.75 Å². The summed E-state index contributed by atoms with van der Waals surface area (Å²) in [5, 5.41) is 4.31. The molecule has 116 valence electrons. The molecule has 0 radical (unpaired) electrons. The molecule has 0 aliphatic heterocycles. The Hall–Kier alpha value is -1.21. The molecule has 0 atom stereocenters. The highest BCUT2D eigenvalue weighted by atomic mass is 32.2. The minimum atomic E-state index is -4.18. The van der Waals surface area contributed by atoms with E-state index in [1.54, 1.807) is 10.8 Å². The summed E-state index contributed by atoms with van der Waals surface area (Å²) in [6.07, 6.45) is 3.55. The minimum absolute atomic E-state index is 0.000235. The summed E-state index contributed by atoms with van der Waals surface area (Å²) in [5.41, 5.74) is -2.39. The fourth-order valence-electron chi connectivity index (χ4n) is 2.08. The number of fused-ring (bicyclic) bond motifs is 1. The van der Waals surface area contributed by atoms with E-state index in [2.05, 4.69) is 24.1 Å². The van der Waals surface area contributed by atoms with Crippen LogP contribution in [0, 0.1) is 0 Å². The molecule has 0 amide bonds. The molecule has 2 aromatic heterocycles. The van der Waals surface area contributed by atoms with Gasteiger partial charge in [-0.3, -0.25) is 0 Å². The van der Waals surface area contributed by atoms with Gasteiger partial charge in [0.05, 0.1) is 0 Å². The summed E-state index contributed by atoms with van der Waals surface area (Å²) in [6.45, 7) is 5.08. The SMILES string of the molecule is CC(C)NCc1cn(CCSC(F)(F)F)c2ncccc12. The summed E-state index contributed by atoms with van der Waals surface area (Å²) < 4.78 is 38.4. The Morgan fingerprint density at radius 1 is 1.38 bits per heavy atom. The molecule has 2 aromatic rings. The van der Waals surface area contributed by atoms with E-state index in [4.69, 9.17) is 0 Å². The van der Waals surface area contributed by atoms with Crippen molar-refractivity contribution in [3.63, 3.8) is 0 Å². The van der Waals surface area contributed by atoms with Crippen LogP contribution in [0.2, 0.25) is 0 Å². The van der Waals surface area contributed by atoms with Crippen LogP contribution in [0.5, 0.6) is 0 Å². The van der Waals surface area contributed by atoms with Crippen LogP contribution >= 0.6 is 11.8 Å². The van der Waals surface area contributed by atoms with E-state index in [0.29, 0.717) is 19.1 Å². The van der Waals surface area contributed by atoms with Gasteiger partial charge >= 0.3 is 5.51 Å². The van der Waals surface area contributed by atoms with Crippen LogP contribution in [-0.2, 0) is 13.1 Å². The highest BCUT2D eigenvalue weighted by molar-refractivity contribution is 8.00. The predicted octanol–water partition coefficient (Wildman–Crippen LogP) is 3.79. The van der Waals surface area contributed by atoms with Crippen molar-refractivity contribution in [2.24, 2.45) is 0 Å².